The Balaban J connectivity index is 1.83. The lowest BCUT2D eigenvalue weighted by atomic mass is 10.2. The van der Waals surface area contributed by atoms with Crippen molar-refractivity contribution in [1.29, 1.82) is 0 Å². The molecule has 2 N–H and O–H groups in total. The highest BCUT2D eigenvalue weighted by Crippen LogP contribution is 2.17. The summed E-state index contributed by atoms with van der Waals surface area (Å²) in [6, 6.07) is 13.3. The average molecular weight is 349 g/mol. The first-order valence-electron chi connectivity index (χ1n) is 7.31. The smallest absolute Gasteiger partial charge is 0.434 e. The summed E-state index contributed by atoms with van der Waals surface area (Å²) in [4.78, 5) is 23.1. The van der Waals surface area contributed by atoms with Crippen LogP contribution in [0.25, 0.3) is 0 Å². The zero-order valence-electron chi connectivity index (χ0n) is 13.0. The Labute approximate surface area is 144 Å². The van der Waals surface area contributed by atoms with Gasteiger partial charge in [0, 0.05) is 17.3 Å². The van der Waals surface area contributed by atoms with Crippen molar-refractivity contribution < 1.29 is 19.1 Å². The van der Waals surface area contributed by atoms with Crippen molar-refractivity contribution >= 4 is 29.5 Å². The summed E-state index contributed by atoms with van der Waals surface area (Å²) in [5.41, 5.74) is 1.38. The van der Waals surface area contributed by atoms with Crippen LogP contribution >= 0.6 is 11.6 Å². The summed E-state index contributed by atoms with van der Waals surface area (Å²) in [6.07, 6.45) is -0.768. The van der Waals surface area contributed by atoms with Crippen LogP contribution in [0.4, 0.5) is 15.3 Å². The highest BCUT2D eigenvalue weighted by Gasteiger charge is 2.06. The van der Waals surface area contributed by atoms with Crippen molar-refractivity contribution in [2.24, 2.45) is 0 Å². The first-order valence-corrected chi connectivity index (χ1v) is 7.69. The van der Waals surface area contributed by atoms with Gasteiger partial charge in [-0.25, -0.2) is 9.59 Å². The third kappa shape index (κ3) is 5.48. The van der Waals surface area contributed by atoms with Gasteiger partial charge in [-0.05, 0) is 42.8 Å². The van der Waals surface area contributed by atoms with Crippen molar-refractivity contribution in [2.75, 3.05) is 11.9 Å². The fraction of sp³-hybridized carbons (Fsp3) is 0.176. The van der Waals surface area contributed by atoms with Crippen LogP contribution in [-0.4, -0.2) is 18.8 Å². The van der Waals surface area contributed by atoms with Crippen LogP contribution in [-0.2, 0) is 11.3 Å². The lowest BCUT2D eigenvalue weighted by Crippen LogP contribution is -2.28. The number of nitrogens with one attached hydrogen (secondary N) is 2. The molecule has 0 fully saturated rings. The number of amides is 2. The van der Waals surface area contributed by atoms with Crippen LogP contribution in [0.15, 0.2) is 48.5 Å². The summed E-state index contributed by atoms with van der Waals surface area (Å²) in [6.45, 7) is 2.25. The average Bonchev–Trinajstić information content (AvgIpc) is 2.56. The first kappa shape index (κ1) is 17.6. The molecule has 24 heavy (non-hydrogen) atoms. The first-order chi connectivity index (χ1) is 11.6. The van der Waals surface area contributed by atoms with Gasteiger partial charge in [0.1, 0.15) is 5.75 Å². The van der Waals surface area contributed by atoms with Crippen LogP contribution in [0, 0.1) is 0 Å². The van der Waals surface area contributed by atoms with E-state index in [0.717, 1.165) is 5.56 Å². The Hall–Kier alpha value is -2.73. The van der Waals surface area contributed by atoms with Crippen LogP contribution in [0.2, 0.25) is 5.02 Å². The SMILES string of the molecule is CCOC(=O)Oc1ccc(NC(=O)NCc2ccccc2Cl)cc1. The number of ether oxygens (including phenoxy) is 2. The fourth-order valence-electron chi connectivity index (χ4n) is 1.84. The lowest BCUT2D eigenvalue weighted by Gasteiger charge is -2.09. The topological polar surface area (TPSA) is 76.7 Å². The molecule has 2 amide bonds. The van der Waals surface area contributed by atoms with E-state index in [-0.39, 0.29) is 12.6 Å². The van der Waals surface area contributed by atoms with E-state index in [1.54, 1.807) is 37.3 Å². The summed E-state index contributed by atoms with van der Waals surface area (Å²) in [7, 11) is 0. The highest BCUT2D eigenvalue weighted by molar-refractivity contribution is 6.31. The van der Waals surface area contributed by atoms with E-state index in [4.69, 9.17) is 16.3 Å². The molecule has 0 spiro atoms. The van der Waals surface area contributed by atoms with Gasteiger partial charge in [-0.1, -0.05) is 29.8 Å². The largest absolute Gasteiger partial charge is 0.513 e. The third-order valence-corrected chi connectivity index (χ3v) is 3.34. The molecule has 2 rings (SSSR count). The van der Waals surface area contributed by atoms with Gasteiger partial charge in [0.15, 0.2) is 0 Å². The molecule has 6 nitrogen and oxygen atoms in total. The number of rotatable bonds is 5. The summed E-state index contributed by atoms with van der Waals surface area (Å²) < 4.78 is 9.60. The summed E-state index contributed by atoms with van der Waals surface area (Å²) in [5, 5.41) is 5.98. The van der Waals surface area contributed by atoms with E-state index in [0.29, 0.717) is 23.0 Å². The molecule has 0 unspecified atom stereocenters. The van der Waals surface area contributed by atoms with Gasteiger partial charge in [0.2, 0.25) is 0 Å². The van der Waals surface area contributed by atoms with Crippen molar-refractivity contribution in [1.82, 2.24) is 5.32 Å². The molecule has 0 aliphatic rings. The van der Waals surface area contributed by atoms with Crippen molar-refractivity contribution in [3.8, 4) is 5.75 Å². The van der Waals surface area contributed by atoms with Crippen LogP contribution in [0.5, 0.6) is 5.75 Å². The second kappa shape index (κ2) is 8.79. The molecule has 126 valence electrons. The normalized spacial score (nSPS) is 9.92. The van der Waals surface area contributed by atoms with Gasteiger partial charge >= 0.3 is 12.2 Å². The van der Waals surface area contributed by atoms with E-state index in [1.165, 1.54) is 0 Å². The van der Waals surface area contributed by atoms with Crippen LogP contribution in [0.1, 0.15) is 12.5 Å². The molecule has 0 heterocycles. The Morgan fingerprint density at radius 2 is 1.79 bits per heavy atom. The third-order valence-electron chi connectivity index (χ3n) is 2.97. The van der Waals surface area contributed by atoms with Crippen LogP contribution < -0.4 is 15.4 Å². The minimum Gasteiger partial charge on any atom is -0.434 e. The maximum absolute atomic E-state index is 11.9. The molecule has 7 heteroatoms. The van der Waals surface area contributed by atoms with Gasteiger partial charge in [-0.2, -0.15) is 0 Å². The highest BCUT2D eigenvalue weighted by atomic mass is 35.5. The molecule has 2 aromatic rings. The Kier molecular flexibility index (Phi) is 6.45. The number of carbonyl (C=O) groups excluding carboxylic acids is 2. The van der Waals surface area contributed by atoms with Crippen molar-refractivity contribution in [2.45, 2.75) is 13.5 Å². The van der Waals surface area contributed by atoms with Gasteiger partial charge in [0.25, 0.3) is 0 Å². The van der Waals surface area contributed by atoms with E-state index in [1.807, 2.05) is 18.2 Å². The summed E-state index contributed by atoms with van der Waals surface area (Å²) >= 11 is 6.03. The molecule has 0 aliphatic carbocycles. The van der Waals surface area contributed by atoms with Crippen molar-refractivity contribution in [3.63, 3.8) is 0 Å². The Morgan fingerprint density at radius 3 is 2.46 bits per heavy atom. The molecule has 0 saturated carbocycles. The quantitative estimate of drug-likeness (QED) is 0.627. The van der Waals surface area contributed by atoms with Gasteiger partial charge in [-0.15, -0.1) is 0 Å². The summed E-state index contributed by atoms with van der Waals surface area (Å²) in [5.74, 6) is 0.329. The zero-order chi connectivity index (χ0) is 17.4. The second-order valence-corrected chi connectivity index (χ2v) is 5.12. The van der Waals surface area contributed by atoms with Gasteiger partial charge < -0.3 is 20.1 Å². The van der Waals surface area contributed by atoms with E-state index in [2.05, 4.69) is 15.4 Å². The number of halogens is 1. The van der Waals surface area contributed by atoms with Crippen molar-refractivity contribution in [3.05, 3.63) is 59.1 Å². The standard InChI is InChI=1S/C17H17ClN2O4/c1-2-23-17(22)24-14-9-7-13(8-10-14)20-16(21)19-11-12-5-3-4-6-15(12)18/h3-10H,2,11H2,1H3,(H2,19,20,21). The molecule has 2 aromatic carbocycles. The number of carbonyl (C=O) groups is 2. The number of anilines is 1. The fourth-order valence-corrected chi connectivity index (χ4v) is 2.04. The molecule has 0 radical (unpaired) electrons. The minimum atomic E-state index is -0.768. The lowest BCUT2D eigenvalue weighted by molar-refractivity contribution is 0.104. The Bertz CT molecular complexity index is 704. The van der Waals surface area contributed by atoms with E-state index < -0.39 is 6.16 Å². The number of hydrogen-bond donors (Lipinski definition) is 2. The predicted octanol–water partition coefficient (Wildman–Crippen LogP) is 4.20. The van der Waals surface area contributed by atoms with Crippen LogP contribution in [0.3, 0.4) is 0 Å². The Morgan fingerprint density at radius 1 is 1.08 bits per heavy atom. The predicted molar refractivity (Wildman–Crippen MR) is 91.4 cm³/mol. The maximum atomic E-state index is 11.9. The zero-order valence-corrected chi connectivity index (χ0v) is 13.8. The monoisotopic (exact) mass is 348 g/mol. The van der Waals surface area contributed by atoms with E-state index in [9.17, 15) is 9.59 Å². The molecular formula is C17H17ClN2O4. The number of benzene rings is 2. The number of urea groups is 1. The molecule has 0 aliphatic heterocycles. The molecule has 0 bridgehead atoms. The molecule has 0 saturated heterocycles. The number of hydrogen-bond acceptors (Lipinski definition) is 4. The molecule has 0 atom stereocenters. The van der Waals surface area contributed by atoms with Gasteiger partial charge in [-0.3, -0.25) is 0 Å². The molecule has 0 aromatic heterocycles. The minimum absolute atomic E-state index is 0.240. The second-order valence-electron chi connectivity index (χ2n) is 4.71. The maximum Gasteiger partial charge on any atom is 0.513 e. The molecular weight excluding hydrogens is 332 g/mol. The van der Waals surface area contributed by atoms with E-state index >= 15 is 0 Å². The van der Waals surface area contributed by atoms with Gasteiger partial charge in [0.05, 0.1) is 6.61 Å².